The number of rotatable bonds is 5. The molecule has 0 aliphatic carbocycles. The van der Waals surface area contributed by atoms with Gasteiger partial charge in [-0.2, -0.15) is 0 Å². The Morgan fingerprint density at radius 3 is 2.57 bits per heavy atom. The lowest BCUT2D eigenvalue weighted by atomic mass is 10.1. The summed E-state index contributed by atoms with van der Waals surface area (Å²) in [6.45, 7) is -0.194. The minimum atomic E-state index is -0.482. The second-order valence-corrected chi connectivity index (χ2v) is 4.55. The second kappa shape index (κ2) is 6.76. The molecule has 110 valence electrons. The first-order valence-electron chi connectivity index (χ1n) is 6.56. The number of carbonyl (C=O) groups is 1. The van der Waals surface area contributed by atoms with E-state index in [-0.39, 0.29) is 12.5 Å². The molecule has 0 saturated carbocycles. The summed E-state index contributed by atoms with van der Waals surface area (Å²) < 4.78 is 5.17. The van der Waals surface area contributed by atoms with Crippen molar-refractivity contribution in [3.63, 3.8) is 0 Å². The molecule has 1 atom stereocenters. The highest BCUT2D eigenvalue weighted by molar-refractivity contribution is 5.98. The maximum Gasteiger partial charge on any atom is 0.255 e. The van der Waals surface area contributed by atoms with Crippen molar-refractivity contribution >= 4 is 11.6 Å². The molecule has 1 amide bonds. The lowest BCUT2D eigenvalue weighted by molar-refractivity contribution is 0.0913. The van der Waals surface area contributed by atoms with Crippen molar-refractivity contribution in [1.82, 2.24) is 5.32 Å². The zero-order valence-electron chi connectivity index (χ0n) is 11.7. The monoisotopic (exact) mass is 286 g/mol. The maximum absolute atomic E-state index is 12.4. The first-order valence-corrected chi connectivity index (χ1v) is 6.56. The molecule has 0 aliphatic rings. The van der Waals surface area contributed by atoms with Gasteiger partial charge in [0.25, 0.3) is 5.91 Å². The molecular formula is C16H18N2O3. The summed E-state index contributed by atoms with van der Waals surface area (Å²) >= 11 is 0. The van der Waals surface area contributed by atoms with E-state index in [1.54, 1.807) is 18.2 Å². The Morgan fingerprint density at radius 1 is 1.24 bits per heavy atom. The van der Waals surface area contributed by atoms with Gasteiger partial charge >= 0.3 is 0 Å². The number of anilines is 1. The number of hydrogen-bond acceptors (Lipinski definition) is 4. The molecule has 2 rings (SSSR count). The first kappa shape index (κ1) is 14.9. The van der Waals surface area contributed by atoms with Crippen LogP contribution < -0.4 is 15.8 Å². The van der Waals surface area contributed by atoms with Crippen LogP contribution in [-0.2, 0) is 0 Å². The van der Waals surface area contributed by atoms with Crippen LogP contribution in [-0.4, -0.2) is 24.7 Å². The second-order valence-electron chi connectivity index (χ2n) is 4.55. The Bertz CT molecular complexity index is 614. The Morgan fingerprint density at radius 2 is 1.95 bits per heavy atom. The minimum absolute atomic E-state index is 0.194. The van der Waals surface area contributed by atoms with E-state index < -0.39 is 6.04 Å². The Hall–Kier alpha value is -2.53. The molecule has 0 fully saturated rings. The highest BCUT2D eigenvalue weighted by atomic mass is 16.5. The van der Waals surface area contributed by atoms with E-state index in [1.165, 1.54) is 7.11 Å². The molecule has 0 radical (unpaired) electrons. The average molecular weight is 286 g/mol. The van der Waals surface area contributed by atoms with E-state index in [4.69, 9.17) is 10.5 Å². The van der Waals surface area contributed by atoms with Gasteiger partial charge < -0.3 is 20.9 Å². The third kappa shape index (κ3) is 3.32. The SMILES string of the molecule is COc1c(N)cccc1C(=O)N[C@H](CO)c1ccccc1. The van der Waals surface area contributed by atoms with Crippen LogP contribution in [0.5, 0.6) is 5.75 Å². The van der Waals surface area contributed by atoms with Crippen LogP contribution >= 0.6 is 0 Å². The molecule has 0 aromatic heterocycles. The molecule has 2 aromatic carbocycles. The van der Waals surface area contributed by atoms with Gasteiger partial charge in [-0.1, -0.05) is 36.4 Å². The molecule has 5 nitrogen and oxygen atoms in total. The van der Waals surface area contributed by atoms with E-state index in [1.807, 2.05) is 30.3 Å². The van der Waals surface area contributed by atoms with Crippen molar-refractivity contribution in [2.45, 2.75) is 6.04 Å². The smallest absolute Gasteiger partial charge is 0.255 e. The van der Waals surface area contributed by atoms with Gasteiger partial charge in [-0.15, -0.1) is 0 Å². The summed E-state index contributed by atoms with van der Waals surface area (Å²) in [6.07, 6.45) is 0. The first-order chi connectivity index (χ1) is 10.2. The fourth-order valence-corrected chi connectivity index (χ4v) is 2.12. The lowest BCUT2D eigenvalue weighted by Crippen LogP contribution is -2.31. The van der Waals surface area contributed by atoms with Crippen LogP contribution in [0.15, 0.2) is 48.5 Å². The number of methoxy groups -OCH3 is 1. The summed E-state index contributed by atoms with van der Waals surface area (Å²) in [5.74, 6) is -0.0122. The summed E-state index contributed by atoms with van der Waals surface area (Å²) in [4.78, 5) is 12.4. The predicted octanol–water partition coefficient (Wildman–Crippen LogP) is 1.74. The van der Waals surface area contributed by atoms with E-state index in [9.17, 15) is 9.90 Å². The van der Waals surface area contributed by atoms with Gasteiger partial charge in [-0.25, -0.2) is 0 Å². The van der Waals surface area contributed by atoms with Gasteiger partial charge in [0.1, 0.15) is 0 Å². The Balaban J connectivity index is 2.23. The number of aliphatic hydroxyl groups is 1. The Kier molecular flexibility index (Phi) is 4.79. The fourth-order valence-electron chi connectivity index (χ4n) is 2.12. The highest BCUT2D eigenvalue weighted by Crippen LogP contribution is 2.26. The van der Waals surface area contributed by atoms with Crippen molar-refractivity contribution in [3.05, 3.63) is 59.7 Å². The third-order valence-corrected chi connectivity index (χ3v) is 3.18. The predicted molar refractivity (Wildman–Crippen MR) is 81.1 cm³/mol. The van der Waals surface area contributed by atoms with Crippen molar-refractivity contribution < 1.29 is 14.6 Å². The average Bonchev–Trinajstić information content (AvgIpc) is 2.53. The molecule has 2 aromatic rings. The number of nitrogens with one attached hydrogen (secondary N) is 1. The van der Waals surface area contributed by atoms with Gasteiger partial charge in [0.2, 0.25) is 0 Å². The number of amides is 1. The molecule has 21 heavy (non-hydrogen) atoms. The molecule has 5 heteroatoms. The van der Waals surface area contributed by atoms with Crippen LogP contribution in [0.1, 0.15) is 22.0 Å². The molecule has 0 saturated heterocycles. The van der Waals surface area contributed by atoms with Crippen LogP contribution in [0.25, 0.3) is 0 Å². The number of hydrogen-bond donors (Lipinski definition) is 3. The van der Waals surface area contributed by atoms with Gasteiger partial charge in [-0.05, 0) is 17.7 Å². The molecular weight excluding hydrogens is 268 g/mol. The number of nitrogen functional groups attached to an aromatic ring is 1. The highest BCUT2D eigenvalue weighted by Gasteiger charge is 2.18. The van der Waals surface area contributed by atoms with Gasteiger partial charge in [0, 0.05) is 0 Å². The van der Waals surface area contributed by atoms with Crippen molar-refractivity contribution in [2.24, 2.45) is 0 Å². The Labute approximate surface area is 123 Å². The number of benzene rings is 2. The summed E-state index contributed by atoms with van der Waals surface area (Å²) in [5.41, 5.74) is 7.35. The van der Waals surface area contributed by atoms with E-state index in [0.29, 0.717) is 17.0 Å². The molecule has 4 N–H and O–H groups in total. The zero-order valence-corrected chi connectivity index (χ0v) is 11.7. The topological polar surface area (TPSA) is 84.6 Å². The number of para-hydroxylation sites is 1. The molecule has 0 heterocycles. The maximum atomic E-state index is 12.4. The van der Waals surface area contributed by atoms with Gasteiger partial charge in [-0.3, -0.25) is 4.79 Å². The molecule has 0 aliphatic heterocycles. The molecule has 0 spiro atoms. The van der Waals surface area contributed by atoms with Crippen LogP contribution in [0.2, 0.25) is 0 Å². The summed E-state index contributed by atoms with van der Waals surface area (Å²) in [5, 5.41) is 12.3. The van der Waals surface area contributed by atoms with Crippen LogP contribution in [0.3, 0.4) is 0 Å². The summed E-state index contributed by atoms with van der Waals surface area (Å²) in [7, 11) is 1.46. The van der Waals surface area contributed by atoms with Crippen LogP contribution in [0, 0.1) is 0 Å². The van der Waals surface area contributed by atoms with Gasteiger partial charge in [0.05, 0.1) is 31.0 Å². The third-order valence-electron chi connectivity index (χ3n) is 3.18. The van der Waals surface area contributed by atoms with Crippen molar-refractivity contribution in [2.75, 3.05) is 19.5 Å². The summed E-state index contributed by atoms with van der Waals surface area (Å²) in [6, 6.07) is 13.8. The van der Waals surface area contributed by atoms with E-state index >= 15 is 0 Å². The van der Waals surface area contributed by atoms with Gasteiger partial charge in [0.15, 0.2) is 5.75 Å². The number of nitrogens with two attached hydrogens (primary N) is 1. The minimum Gasteiger partial charge on any atom is -0.494 e. The van der Waals surface area contributed by atoms with Crippen LogP contribution in [0.4, 0.5) is 5.69 Å². The number of carbonyl (C=O) groups excluding carboxylic acids is 1. The lowest BCUT2D eigenvalue weighted by Gasteiger charge is -2.18. The largest absolute Gasteiger partial charge is 0.494 e. The van der Waals surface area contributed by atoms with Crippen molar-refractivity contribution in [3.8, 4) is 5.75 Å². The zero-order chi connectivity index (χ0) is 15.2. The molecule has 0 unspecified atom stereocenters. The quantitative estimate of drug-likeness (QED) is 0.731. The van der Waals surface area contributed by atoms with E-state index in [2.05, 4.69) is 5.32 Å². The van der Waals surface area contributed by atoms with E-state index in [0.717, 1.165) is 5.56 Å². The standard InChI is InChI=1S/C16H18N2O3/c1-21-15-12(8-5-9-13(15)17)16(20)18-14(10-19)11-6-3-2-4-7-11/h2-9,14,19H,10,17H2,1H3,(H,18,20)/t14-/m1/s1. The molecule has 0 bridgehead atoms. The number of aliphatic hydroxyl groups excluding tert-OH is 1. The fraction of sp³-hybridized carbons (Fsp3) is 0.188. The normalized spacial score (nSPS) is 11.7. The number of ether oxygens (including phenoxy) is 1. The van der Waals surface area contributed by atoms with Crippen molar-refractivity contribution in [1.29, 1.82) is 0 Å².